The summed E-state index contributed by atoms with van der Waals surface area (Å²) >= 11 is 3.39. The van der Waals surface area contributed by atoms with Crippen molar-refractivity contribution in [1.82, 2.24) is 5.43 Å². The zero-order valence-electron chi connectivity index (χ0n) is 16.6. The van der Waals surface area contributed by atoms with Crippen molar-refractivity contribution in [1.29, 1.82) is 0 Å². The fourth-order valence-electron chi connectivity index (χ4n) is 2.96. The number of benzene rings is 3. The molecule has 0 bridgehead atoms. The molecule has 8 heteroatoms. The first-order chi connectivity index (χ1) is 15.5. The molecular weight excluding hydrogens is 476 g/mol. The standard InChI is InChI=1S/C24H17BrN2O5/c25-19-9-10-21-18(11-19)12-22(32-21)23(28)27-26-13-17-3-1-2-4-20(17)31-14-15-5-7-16(8-6-15)24(29)30/h1-13H,14H2,(H,27,28)(H,29,30)/b26-13-. The van der Waals surface area contributed by atoms with E-state index in [0.29, 0.717) is 16.9 Å². The van der Waals surface area contributed by atoms with Crippen molar-refractivity contribution in [2.75, 3.05) is 0 Å². The van der Waals surface area contributed by atoms with Crippen molar-refractivity contribution in [3.05, 3.63) is 99.7 Å². The van der Waals surface area contributed by atoms with Crippen LogP contribution >= 0.6 is 15.9 Å². The van der Waals surface area contributed by atoms with E-state index in [1.165, 1.54) is 18.3 Å². The molecule has 0 radical (unpaired) electrons. The zero-order valence-corrected chi connectivity index (χ0v) is 18.2. The third-order valence-electron chi connectivity index (χ3n) is 4.59. The normalized spacial score (nSPS) is 11.0. The number of carbonyl (C=O) groups excluding carboxylic acids is 1. The first kappa shape index (κ1) is 21.3. The maximum atomic E-state index is 12.4. The van der Waals surface area contributed by atoms with Crippen LogP contribution in [-0.4, -0.2) is 23.2 Å². The molecule has 2 N–H and O–H groups in total. The van der Waals surface area contributed by atoms with Crippen molar-refractivity contribution in [3.63, 3.8) is 0 Å². The van der Waals surface area contributed by atoms with Gasteiger partial charge in [-0.1, -0.05) is 40.2 Å². The lowest BCUT2D eigenvalue weighted by atomic mass is 10.1. The van der Waals surface area contributed by atoms with Gasteiger partial charge in [0.2, 0.25) is 0 Å². The van der Waals surface area contributed by atoms with E-state index < -0.39 is 11.9 Å². The Hall–Kier alpha value is -3.91. The number of carboxylic acids is 1. The topological polar surface area (TPSA) is 101 Å². The number of aromatic carboxylic acids is 1. The molecule has 0 spiro atoms. The number of hydrazone groups is 1. The predicted molar refractivity (Wildman–Crippen MR) is 123 cm³/mol. The second kappa shape index (κ2) is 9.49. The number of carbonyl (C=O) groups is 2. The Morgan fingerprint density at radius 2 is 1.84 bits per heavy atom. The number of amides is 1. The van der Waals surface area contributed by atoms with E-state index in [1.54, 1.807) is 36.4 Å². The van der Waals surface area contributed by atoms with Crippen molar-refractivity contribution in [2.24, 2.45) is 5.10 Å². The Kier molecular flexibility index (Phi) is 6.32. The lowest BCUT2D eigenvalue weighted by Gasteiger charge is -2.09. The molecular formula is C24H17BrN2O5. The number of hydrogen-bond acceptors (Lipinski definition) is 5. The van der Waals surface area contributed by atoms with E-state index in [2.05, 4.69) is 26.5 Å². The smallest absolute Gasteiger partial charge is 0.335 e. The summed E-state index contributed by atoms with van der Waals surface area (Å²) in [6.07, 6.45) is 1.49. The van der Waals surface area contributed by atoms with Crippen LogP contribution in [0.4, 0.5) is 0 Å². The average Bonchev–Trinajstić information content (AvgIpc) is 3.22. The highest BCUT2D eigenvalue weighted by atomic mass is 79.9. The molecule has 0 unspecified atom stereocenters. The molecule has 1 aromatic heterocycles. The summed E-state index contributed by atoms with van der Waals surface area (Å²) in [6.45, 7) is 0.256. The number of rotatable bonds is 7. The van der Waals surface area contributed by atoms with Crippen LogP contribution in [0.25, 0.3) is 11.0 Å². The van der Waals surface area contributed by atoms with Crippen LogP contribution in [0.2, 0.25) is 0 Å². The van der Waals surface area contributed by atoms with Gasteiger partial charge >= 0.3 is 11.9 Å². The van der Waals surface area contributed by atoms with E-state index in [4.69, 9.17) is 14.3 Å². The molecule has 4 aromatic rings. The highest BCUT2D eigenvalue weighted by Gasteiger charge is 2.12. The molecule has 1 heterocycles. The maximum Gasteiger partial charge on any atom is 0.335 e. The van der Waals surface area contributed by atoms with Crippen LogP contribution in [0.3, 0.4) is 0 Å². The summed E-state index contributed by atoms with van der Waals surface area (Å²) in [6, 6.07) is 20.8. The van der Waals surface area contributed by atoms with Crippen LogP contribution in [0.1, 0.15) is 32.0 Å². The van der Waals surface area contributed by atoms with E-state index in [-0.39, 0.29) is 17.9 Å². The third-order valence-corrected chi connectivity index (χ3v) is 5.08. The largest absolute Gasteiger partial charge is 0.488 e. The number of nitrogens with zero attached hydrogens (tertiary/aromatic N) is 1. The SMILES string of the molecule is O=C(O)c1ccc(COc2ccccc2/C=N\NC(=O)c2cc3cc(Br)ccc3o2)cc1. The van der Waals surface area contributed by atoms with Gasteiger partial charge in [-0.05, 0) is 54.1 Å². The zero-order chi connectivity index (χ0) is 22.5. The van der Waals surface area contributed by atoms with E-state index >= 15 is 0 Å². The van der Waals surface area contributed by atoms with Gasteiger partial charge in [-0.25, -0.2) is 10.2 Å². The van der Waals surface area contributed by atoms with Crippen LogP contribution in [0.15, 0.2) is 86.8 Å². The Bertz CT molecular complexity index is 1310. The number of para-hydroxylation sites is 1. The van der Waals surface area contributed by atoms with E-state index in [9.17, 15) is 9.59 Å². The first-order valence-corrected chi connectivity index (χ1v) is 10.4. The lowest BCUT2D eigenvalue weighted by molar-refractivity contribution is 0.0696. The number of nitrogens with one attached hydrogen (secondary N) is 1. The second-order valence-corrected chi connectivity index (χ2v) is 7.74. The molecule has 0 saturated carbocycles. The van der Waals surface area contributed by atoms with Gasteiger partial charge in [-0.15, -0.1) is 0 Å². The molecule has 160 valence electrons. The number of ether oxygens (including phenoxy) is 1. The molecule has 32 heavy (non-hydrogen) atoms. The minimum absolute atomic E-state index is 0.157. The molecule has 0 aliphatic rings. The fourth-order valence-corrected chi connectivity index (χ4v) is 3.34. The summed E-state index contributed by atoms with van der Waals surface area (Å²) in [5.41, 5.74) is 4.78. The molecule has 0 aliphatic carbocycles. The van der Waals surface area contributed by atoms with Gasteiger partial charge in [-0.3, -0.25) is 4.79 Å². The minimum atomic E-state index is -0.975. The van der Waals surface area contributed by atoms with Gasteiger partial charge in [0.05, 0.1) is 11.8 Å². The van der Waals surface area contributed by atoms with E-state index in [0.717, 1.165) is 15.4 Å². The van der Waals surface area contributed by atoms with Gasteiger partial charge in [-0.2, -0.15) is 5.10 Å². The number of fused-ring (bicyclic) bond motifs is 1. The van der Waals surface area contributed by atoms with Crippen molar-refractivity contribution in [3.8, 4) is 5.75 Å². The van der Waals surface area contributed by atoms with Crippen molar-refractivity contribution in [2.45, 2.75) is 6.61 Å². The number of carboxylic acid groups (broad SMARTS) is 1. The summed E-state index contributed by atoms with van der Waals surface area (Å²) in [4.78, 5) is 23.3. The molecule has 0 fully saturated rings. The predicted octanol–water partition coefficient (Wildman–Crippen LogP) is 5.24. The molecule has 7 nitrogen and oxygen atoms in total. The highest BCUT2D eigenvalue weighted by molar-refractivity contribution is 9.10. The Balaban J connectivity index is 1.40. The third kappa shape index (κ3) is 5.04. The minimum Gasteiger partial charge on any atom is -0.488 e. The van der Waals surface area contributed by atoms with E-state index in [1.807, 2.05) is 24.3 Å². The Morgan fingerprint density at radius 3 is 2.62 bits per heavy atom. The van der Waals surface area contributed by atoms with Gasteiger partial charge < -0.3 is 14.3 Å². The number of hydrogen-bond donors (Lipinski definition) is 2. The van der Waals surface area contributed by atoms with Crippen molar-refractivity contribution < 1.29 is 23.8 Å². The lowest BCUT2D eigenvalue weighted by Crippen LogP contribution is -2.16. The highest BCUT2D eigenvalue weighted by Crippen LogP contribution is 2.23. The van der Waals surface area contributed by atoms with Crippen LogP contribution in [0, 0.1) is 0 Å². The summed E-state index contributed by atoms with van der Waals surface area (Å²) in [5.74, 6) is -0.715. The average molecular weight is 493 g/mol. The Morgan fingerprint density at radius 1 is 1.06 bits per heavy atom. The van der Waals surface area contributed by atoms with Gasteiger partial charge in [0, 0.05) is 15.4 Å². The summed E-state index contributed by atoms with van der Waals surface area (Å²) in [7, 11) is 0. The molecule has 0 saturated heterocycles. The molecule has 1 amide bonds. The van der Waals surface area contributed by atoms with Gasteiger partial charge in [0.25, 0.3) is 0 Å². The van der Waals surface area contributed by atoms with Crippen LogP contribution in [-0.2, 0) is 6.61 Å². The number of furan rings is 1. The molecule has 3 aromatic carbocycles. The van der Waals surface area contributed by atoms with Crippen LogP contribution in [0.5, 0.6) is 5.75 Å². The fraction of sp³-hybridized carbons (Fsp3) is 0.0417. The monoisotopic (exact) mass is 492 g/mol. The maximum absolute atomic E-state index is 12.4. The summed E-state index contributed by atoms with van der Waals surface area (Å²) < 4.78 is 12.3. The molecule has 0 aliphatic heterocycles. The van der Waals surface area contributed by atoms with Crippen LogP contribution < -0.4 is 10.2 Å². The van der Waals surface area contributed by atoms with Gasteiger partial charge in [0.15, 0.2) is 5.76 Å². The molecule has 0 atom stereocenters. The number of halogens is 1. The van der Waals surface area contributed by atoms with Crippen molar-refractivity contribution >= 4 is 45.0 Å². The summed E-state index contributed by atoms with van der Waals surface area (Å²) in [5, 5.41) is 13.8. The Labute approximate surface area is 191 Å². The quantitative estimate of drug-likeness (QED) is 0.271. The first-order valence-electron chi connectivity index (χ1n) is 9.56. The second-order valence-electron chi connectivity index (χ2n) is 6.82. The van der Waals surface area contributed by atoms with Gasteiger partial charge in [0.1, 0.15) is 17.9 Å². The molecule has 4 rings (SSSR count).